The number of hydrogen-bond acceptors (Lipinski definition) is 4. The lowest BCUT2D eigenvalue weighted by molar-refractivity contribution is -0.121. The van der Waals surface area contributed by atoms with Crippen LogP contribution in [0.3, 0.4) is 0 Å². The fourth-order valence-electron chi connectivity index (χ4n) is 2.57. The molecule has 7 heteroatoms. The number of amides is 3. The molecule has 0 aromatic carbocycles. The number of unbranched alkanes of at least 4 members (excludes halogenated alkanes) is 1. The highest BCUT2D eigenvalue weighted by molar-refractivity contribution is 8.00. The summed E-state index contributed by atoms with van der Waals surface area (Å²) in [7, 11) is 0. The molecule has 0 bridgehead atoms. The molecule has 2 fully saturated rings. The Kier molecular flexibility index (Phi) is 5.33. The lowest BCUT2D eigenvalue weighted by Gasteiger charge is -2.16. The van der Waals surface area contributed by atoms with Gasteiger partial charge in [-0.15, -0.1) is 0 Å². The molecular formula is C12H22N4O2S. The minimum atomic E-state index is -0.0403. The van der Waals surface area contributed by atoms with Gasteiger partial charge < -0.3 is 21.7 Å². The molecule has 2 aliphatic heterocycles. The van der Waals surface area contributed by atoms with Crippen molar-refractivity contribution in [3.05, 3.63) is 0 Å². The molecular weight excluding hydrogens is 264 g/mol. The summed E-state index contributed by atoms with van der Waals surface area (Å²) in [6, 6.07) is 0.514. The van der Waals surface area contributed by atoms with Crippen molar-refractivity contribution in [2.45, 2.75) is 43.0 Å². The zero-order valence-corrected chi connectivity index (χ0v) is 11.8. The van der Waals surface area contributed by atoms with E-state index in [-0.39, 0.29) is 24.0 Å². The number of carbonyl (C=O) groups is 2. The second-order valence-electron chi connectivity index (χ2n) is 5.01. The summed E-state index contributed by atoms with van der Waals surface area (Å²) in [4.78, 5) is 22.6. The zero-order chi connectivity index (χ0) is 13.7. The average molecular weight is 286 g/mol. The normalized spacial score (nSPS) is 28.7. The van der Waals surface area contributed by atoms with Crippen molar-refractivity contribution in [3.8, 4) is 0 Å². The molecule has 0 aromatic rings. The molecule has 2 aliphatic rings. The predicted molar refractivity (Wildman–Crippen MR) is 76.0 cm³/mol. The van der Waals surface area contributed by atoms with Gasteiger partial charge in [0, 0.05) is 30.5 Å². The second-order valence-corrected chi connectivity index (χ2v) is 6.28. The third-order valence-corrected chi connectivity index (χ3v) is 5.06. The van der Waals surface area contributed by atoms with E-state index in [1.165, 1.54) is 0 Å². The summed E-state index contributed by atoms with van der Waals surface area (Å²) >= 11 is 1.91. The molecule has 2 heterocycles. The van der Waals surface area contributed by atoms with Gasteiger partial charge in [0.15, 0.2) is 0 Å². The van der Waals surface area contributed by atoms with Crippen LogP contribution in [0.1, 0.15) is 25.7 Å². The van der Waals surface area contributed by atoms with Crippen LogP contribution >= 0.6 is 11.8 Å². The lowest BCUT2D eigenvalue weighted by Crippen LogP contribution is -2.36. The van der Waals surface area contributed by atoms with Crippen molar-refractivity contribution in [1.82, 2.24) is 16.0 Å². The first-order chi connectivity index (χ1) is 9.20. The van der Waals surface area contributed by atoms with Gasteiger partial charge in [0.1, 0.15) is 0 Å². The SMILES string of the molecule is NCCNC(=O)CCCC[C@@H]1SC[C@@H]2NC(=O)N[C@H]21. The Morgan fingerprint density at radius 3 is 3.05 bits per heavy atom. The maximum absolute atomic E-state index is 11.4. The Balaban J connectivity index is 1.59. The number of nitrogens with two attached hydrogens (primary N) is 1. The fraction of sp³-hybridized carbons (Fsp3) is 0.833. The largest absolute Gasteiger partial charge is 0.355 e. The predicted octanol–water partition coefficient (Wildman–Crippen LogP) is -0.213. The Labute approximate surface area is 117 Å². The Morgan fingerprint density at radius 2 is 2.26 bits per heavy atom. The quantitative estimate of drug-likeness (QED) is 0.384. The van der Waals surface area contributed by atoms with Crippen LogP contribution in [0.15, 0.2) is 0 Å². The molecule has 0 radical (unpaired) electrons. The third-order valence-electron chi connectivity index (χ3n) is 3.55. The first-order valence-electron chi connectivity index (χ1n) is 6.86. The Hall–Kier alpha value is -0.950. The van der Waals surface area contributed by atoms with Crippen LogP contribution in [0.2, 0.25) is 0 Å². The average Bonchev–Trinajstić information content (AvgIpc) is 2.92. The maximum Gasteiger partial charge on any atom is 0.315 e. The van der Waals surface area contributed by atoms with Crippen LogP contribution in [0.4, 0.5) is 4.79 Å². The van der Waals surface area contributed by atoms with E-state index < -0.39 is 0 Å². The zero-order valence-electron chi connectivity index (χ0n) is 11.0. The molecule has 2 rings (SSSR count). The third kappa shape index (κ3) is 4.01. The summed E-state index contributed by atoms with van der Waals surface area (Å²) < 4.78 is 0. The minimum absolute atomic E-state index is 0.0403. The van der Waals surface area contributed by atoms with Gasteiger partial charge >= 0.3 is 6.03 Å². The van der Waals surface area contributed by atoms with Gasteiger partial charge in [-0.25, -0.2) is 4.79 Å². The first-order valence-corrected chi connectivity index (χ1v) is 7.91. The fourth-order valence-corrected chi connectivity index (χ4v) is 4.12. The highest BCUT2D eigenvalue weighted by Gasteiger charge is 2.42. The van der Waals surface area contributed by atoms with Gasteiger partial charge in [-0.2, -0.15) is 11.8 Å². The topological polar surface area (TPSA) is 96.2 Å². The molecule has 0 spiro atoms. The van der Waals surface area contributed by atoms with Gasteiger partial charge in [-0.05, 0) is 12.8 Å². The summed E-state index contributed by atoms with van der Waals surface area (Å²) in [5.41, 5.74) is 5.32. The van der Waals surface area contributed by atoms with Crippen LogP contribution in [0.25, 0.3) is 0 Å². The molecule has 3 atom stereocenters. The van der Waals surface area contributed by atoms with E-state index in [0.717, 1.165) is 25.0 Å². The number of carbonyl (C=O) groups excluding carboxylic acids is 2. The maximum atomic E-state index is 11.4. The number of urea groups is 1. The summed E-state index contributed by atoms with van der Waals surface area (Å²) in [6.45, 7) is 1.04. The van der Waals surface area contributed by atoms with E-state index in [1.54, 1.807) is 0 Å². The standard InChI is InChI=1S/C12H22N4O2S/c13-5-6-14-10(17)4-2-1-3-9-11-8(7-19-9)15-12(18)16-11/h8-9,11H,1-7,13H2,(H,14,17)(H2,15,16,18)/t8-,9-,11+/m0/s1. The van der Waals surface area contributed by atoms with Crippen LogP contribution in [0, 0.1) is 0 Å². The summed E-state index contributed by atoms with van der Waals surface area (Å²) in [5, 5.41) is 9.16. The van der Waals surface area contributed by atoms with Crippen molar-refractivity contribution in [2.24, 2.45) is 5.73 Å². The summed E-state index contributed by atoms with van der Waals surface area (Å²) in [5.74, 6) is 1.07. The van der Waals surface area contributed by atoms with Crippen molar-refractivity contribution in [2.75, 3.05) is 18.8 Å². The van der Waals surface area contributed by atoms with E-state index in [4.69, 9.17) is 5.73 Å². The van der Waals surface area contributed by atoms with Crippen LogP contribution in [-0.4, -0.2) is 48.1 Å². The number of rotatable bonds is 7. The van der Waals surface area contributed by atoms with Gasteiger partial charge in [0.25, 0.3) is 0 Å². The van der Waals surface area contributed by atoms with Crippen molar-refractivity contribution in [3.63, 3.8) is 0 Å². The Morgan fingerprint density at radius 1 is 1.42 bits per heavy atom. The minimum Gasteiger partial charge on any atom is -0.355 e. The molecule has 0 unspecified atom stereocenters. The van der Waals surface area contributed by atoms with Gasteiger partial charge in [-0.1, -0.05) is 6.42 Å². The molecule has 108 valence electrons. The van der Waals surface area contributed by atoms with Crippen LogP contribution in [-0.2, 0) is 4.79 Å². The molecule has 6 nitrogen and oxygen atoms in total. The molecule has 0 aliphatic carbocycles. The van der Waals surface area contributed by atoms with E-state index in [2.05, 4.69) is 16.0 Å². The van der Waals surface area contributed by atoms with Gasteiger partial charge in [-0.3, -0.25) is 4.79 Å². The lowest BCUT2D eigenvalue weighted by atomic mass is 10.0. The van der Waals surface area contributed by atoms with E-state index in [0.29, 0.717) is 24.8 Å². The number of thioether (sulfide) groups is 1. The Bertz CT molecular complexity index is 340. The van der Waals surface area contributed by atoms with Crippen molar-refractivity contribution < 1.29 is 9.59 Å². The second kappa shape index (κ2) is 7.00. The number of hydrogen-bond donors (Lipinski definition) is 4. The summed E-state index contributed by atoms with van der Waals surface area (Å²) in [6.07, 6.45) is 3.53. The van der Waals surface area contributed by atoms with Crippen molar-refractivity contribution >= 4 is 23.7 Å². The molecule has 3 amide bonds. The number of nitrogens with one attached hydrogen (secondary N) is 3. The van der Waals surface area contributed by atoms with Crippen molar-refractivity contribution in [1.29, 1.82) is 0 Å². The molecule has 19 heavy (non-hydrogen) atoms. The van der Waals surface area contributed by atoms with Gasteiger partial charge in [0.05, 0.1) is 12.1 Å². The smallest absolute Gasteiger partial charge is 0.315 e. The van der Waals surface area contributed by atoms with E-state index in [9.17, 15) is 9.59 Å². The number of fused-ring (bicyclic) bond motifs is 1. The first kappa shape index (κ1) is 14.5. The molecule has 5 N–H and O–H groups in total. The molecule has 0 aromatic heterocycles. The molecule has 2 saturated heterocycles. The monoisotopic (exact) mass is 286 g/mol. The van der Waals surface area contributed by atoms with E-state index in [1.807, 2.05) is 11.8 Å². The van der Waals surface area contributed by atoms with E-state index >= 15 is 0 Å². The van der Waals surface area contributed by atoms with Gasteiger partial charge in [0.2, 0.25) is 5.91 Å². The van der Waals surface area contributed by atoms with Crippen LogP contribution < -0.4 is 21.7 Å². The highest BCUT2D eigenvalue weighted by atomic mass is 32.2. The molecule has 0 saturated carbocycles. The highest BCUT2D eigenvalue weighted by Crippen LogP contribution is 2.33. The van der Waals surface area contributed by atoms with Crippen LogP contribution in [0.5, 0.6) is 0 Å².